The maximum atomic E-state index is 12.4. The number of nitrogens with zero attached hydrogens (tertiary/aromatic N) is 2. The summed E-state index contributed by atoms with van der Waals surface area (Å²) in [5.74, 6) is 0.148. The van der Waals surface area contributed by atoms with Crippen molar-refractivity contribution in [1.29, 1.82) is 0 Å². The van der Waals surface area contributed by atoms with Gasteiger partial charge in [-0.25, -0.2) is 9.97 Å². The minimum Gasteiger partial charge on any atom is -0.396 e. The summed E-state index contributed by atoms with van der Waals surface area (Å²) in [5.41, 5.74) is -0.963. The third kappa shape index (κ3) is 4.48. The second-order valence-corrected chi connectivity index (χ2v) is 3.93. The Labute approximate surface area is 103 Å². The molecular formula is C11H16F3N3O. The number of nitrogens with one attached hydrogen (secondary N) is 1. The van der Waals surface area contributed by atoms with E-state index in [1.807, 2.05) is 6.92 Å². The Morgan fingerprint density at radius 3 is 2.72 bits per heavy atom. The van der Waals surface area contributed by atoms with E-state index in [1.54, 1.807) is 0 Å². The normalized spacial score (nSPS) is 13.4. The lowest BCUT2D eigenvalue weighted by Crippen LogP contribution is -2.18. The van der Waals surface area contributed by atoms with E-state index >= 15 is 0 Å². The van der Waals surface area contributed by atoms with E-state index in [-0.39, 0.29) is 18.5 Å². The Morgan fingerprint density at radius 2 is 2.17 bits per heavy atom. The first-order valence-corrected chi connectivity index (χ1v) is 5.72. The first-order valence-electron chi connectivity index (χ1n) is 5.72. The standard InChI is InChI=1S/C11H16F3N3O/c1-2-8(4-6-18)7-16-10-15-5-3-9(17-10)11(12,13)14/h3,5,8,18H,2,4,6-7H2,1H3,(H,15,16,17). The number of halogens is 3. The van der Waals surface area contributed by atoms with Crippen LogP contribution >= 0.6 is 0 Å². The highest BCUT2D eigenvalue weighted by Gasteiger charge is 2.32. The summed E-state index contributed by atoms with van der Waals surface area (Å²) >= 11 is 0. The first kappa shape index (κ1) is 14.7. The molecule has 0 saturated carbocycles. The number of anilines is 1. The molecule has 0 amide bonds. The molecule has 0 aliphatic rings. The molecule has 18 heavy (non-hydrogen) atoms. The summed E-state index contributed by atoms with van der Waals surface area (Å²) in [7, 11) is 0. The Balaban J connectivity index is 2.62. The minimum absolute atomic E-state index is 0.0405. The zero-order valence-electron chi connectivity index (χ0n) is 10.0. The van der Waals surface area contributed by atoms with E-state index in [9.17, 15) is 13.2 Å². The monoisotopic (exact) mass is 263 g/mol. The molecule has 102 valence electrons. The lowest BCUT2D eigenvalue weighted by atomic mass is 10.0. The summed E-state index contributed by atoms with van der Waals surface area (Å²) in [5, 5.41) is 11.6. The summed E-state index contributed by atoms with van der Waals surface area (Å²) in [6, 6.07) is 0.830. The third-order valence-electron chi connectivity index (χ3n) is 2.61. The van der Waals surface area contributed by atoms with Crippen LogP contribution in [-0.2, 0) is 6.18 Å². The van der Waals surface area contributed by atoms with Crippen LogP contribution < -0.4 is 5.32 Å². The predicted octanol–water partition coefficient (Wildman–Crippen LogP) is 2.32. The number of aromatic nitrogens is 2. The average molecular weight is 263 g/mol. The lowest BCUT2D eigenvalue weighted by Gasteiger charge is -2.14. The molecule has 0 aliphatic heterocycles. The third-order valence-corrected chi connectivity index (χ3v) is 2.61. The molecular weight excluding hydrogens is 247 g/mol. The molecule has 7 heteroatoms. The number of rotatable bonds is 6. The molecule has 2 N–H and O–H groups in total. The molecule has 0 aromatic carbocycles. The van der Waals surface area contributed by atoms with Gasteiger partial charge in [-0.3, -0.25) is 0 Å². The molecule has 0 spiro atoms. The highest BCUT2D eigenvalue weighted by atomic mass is 19.4. The second-order valence-electron chi connectivity index (χ2n) is 3.93. The zero-order chi connectivity index (χ0) is 13.6. The summed E-state index contributed by atoms with van der Waals surface area (Å²) in [6.45, 7) is 2.46. The quantitative estimate of drug-likeness (QED) is 0.827. The Kier molecular flexibility index (Phi) is 5.33. The molecule has 1 unspecified atom stereocenters. The van der Waals surface area contributed by atoms with Gasteiger partial charge in [-0.1, -0.05) is 13.3 Å². The van der Waals surface area contributed by atoms with Gasteiger partial charge in [0.2, 0.25) is 5.95 Å². The van der Waals surface area contributed by atoms with Crippen LogP contribution in [0.1, 0.15) is 25.5 Å². The van der Waals surface area contributed by atoms with Gasteiger partial charge in [-0.05, 0) is 18.4 Å². The molecule has 0 aliphatic carbocycles. The van der Waals surface area contributed by atoms with Crippen LogP contribution in [0.5, 0.6) is 0 Å². The molecule has 0 bridgehead atoms. The lowest BCUT2D eigenvalue weighted by molar-refractivity contribution is -0.141. The van der Waals surface area contributed by atoms with Crippen molar-refractivity contribution in [2.75, 3.05) is 18.5 Å². The topological polar surface area (TPSA) is 58.0 Å². The van der Waals surface area contributed by atoms with Crippen molar-refractivity contribution in [3.63, 3.8) is 0 Å². The minimum atomic E-state index is -4.46. The van der Waals surface area contributed by atoms with Gasteiger partial charge >= 0.3 is 6.18 Å². The largest absolute Gasteiger partial charge is 0.433 e. The predicted molar refractivity (Wildman–Crippen MR) is 61.0 cm³/mol. The van der Waals surface area contributed by atoms with Crippen LogP contribution in [0.3, 0.4) is 0 Å². The van der Waals surface area contributed by atoms with Crippen LogP contribution in [-0.4, -0.2) is 28.2 Å². The van der Waals surface area contributed by atoms with E-state index in [1.165, 1.54) is 0 Å². The van der Waals surface area contributed by atoms with Crippen molar-refractivity contribution < 1.29 is 18.3 Å². The van der Waals surface area contributed by atoms with Crippen molar-refractivity contribution >= 4 is 5.95 Å². The van der Waals surface area contributed by atoms with Crippen LogP contribution in [0.4, 0.5) is 19.1 Å². The second kappa shape index (κ2) is 6.53. The Morgan fingerprint density at radius 1 is 1.44 bits per heavy atom. The fourth-order valence-corrected chi connectivity index (χ4v) is 1.47. The summed E-state index contributed by atoms with van der Waals surface area (Å²) in [4.78, 5) is 7.14. The van der Waals surface area contributed by atoms with Gasteiger partial charge < -0.3 is 10.4 Å². The van der Waals surface area contributed by atoms with Crippen molar-refractivity contribution in [3.05, 3.63) is 18.0 Å². The van der Waals surface area contributed by atoms with E-state index in [0.717, 1.165) is 18.7 Å². The summed E-state index contributed by atoms with van der Waals surface area (Å²) in [6.07, 6.45) is -1.96. The molecule has 1 aromatic heterocycles. The van der Waals surface area contributed by atoms with Crippen LogP contribution in [0.2, 0.25) is 0 Å². The Bertz CT molecular complexity index is 371. The highest BCUT2D eigenvalue weighted by molar-refractivity contribution is 5.26. The molecule has 1 atom stereocenters. The van der Waals surface area contributed by atoms with Crippen LogP contribution in [0, 0.1) is 5.92 Å². The van der Waals surface area contributed by atoms with E-state index in [0.29, 0.717) is 13.0 Å². The van der Waals surface area contributed by atoms with Gasteiger partial charge in [-0.2, -0.15) is 13.2 Å². The molecule has 1 heterocycles. The zero-order valence-corrected chi connectivity index (χ0v) is 10.0. The molecule has 0 radical (unpaired) electrons. The molecule has 1 rings (SSSR count). The number of aliphatic hydroxyl groups is 1. The summed E-state index contributed by atoms with van der Waals surface area (Å²) < 4.78 is 37.2. The smallest absolute Gasteiger partial charge is 0.396 e. The number of hydrogen-bond donors (Lipinski definition) is 2. The Hall–Kier alpha value is -1.37. The van der Waals surface area contributed by atoms with Crippen LogP contribution in [0.25, 0.3) is 0 Å². The average Bonchev–Trinajstić information content (AvgIpc) is 2.34. The van der Waals surface area contributed by atoms with Crippen molar-refractivity contribution in [2.24, 2.45) is 5.92 Å². The van der Waals surface area contributed by atoms with Gasteiger partial charge in [0, 0.05) is 19.3 Å². The number of aliphatic hydroxyl groups excluding tert-OH is 1. The van der Waals surface area contributed by atoms with Gasteiger partial charge in [-0.15, -0.1) is 0 Å². The molecule has 4 nitrogen and oxygen atoms in total. The van der Waals surface area contributed by atoms with Gasteiger partial charge in [0.05, 0.1) is 0 Å². The highest BCUT2D eigenvalue weighted by Crippen LogP contribution is 2.27. The maximum absolute atomic E-state index is 12.4. The van der Waals surface area contributed by atoms with Crippen molar-refractivity contribution in [2.45, 2.75) is 25.9 Å². The van der Waals surface area contributed by atoms with Gasteiger partial charge in [0.15, 0.2) is 0 Å². The van der Waals surface area contributed by atoms with Gasteiger partial charge in [0.1, 0.15) is 5.69 Å². The van der Waals surface area contributed by atoms with Crippen LogP contribution in [0.15, 0.2) is 12.3 Å². The van der Waals surface area contributed by atoms with Crippen molar-refractivity contribution in [3.8, 4) is 0 Å². The van der Waals surface area contributed by atoms with E-state index < -0.39 is 11.9 Å². The van der Waals surface area contributed by atoms with Crippen molar-refractivity contribution in [1.82, 2.24) is 9.97 Å². The first-order chi connectivity index (χ1) is 8.47. The number of alkyl halides is 3. The molecule has 1 aromatic rings. The van der Waals surface area contributed by atoms with Gasteiger partial charge in [0.25, 0.3) is 0 Å². The van der Waals surface area contributed by atoms with E-state index in [4.69, 9.17) is 5.11 Å². The fraction of sp³-hybridized carbons (Fsp3) is 0.636. The number of hydrogen-bond acceptors (Lipinski definition) is 4. The SMILES string of the molecule is CCC(CCO)CNc1nccc(C(F)(F)F)n1. The molecule has 0 fully saturated rings. The van der Waals surface area contributed by atoms with E-state index in [2.05, 4.69) is 15.3 Å². The maximum Gasteiger partial charge on any atom is 0.433 e. The fourth-order valence-electron chi connectivity index (χ4n) is 1.47. The molecule has 0 saturated heterocycles.